The SMILES string of the molecule is CC1SC1c1ccccc1C(C)(C)c1ccccc1C1SC1C. The molecule has 0 radical (unpaired) electrons. The first-order valence-corrected chi connectivity index (χ1v) is 10.4. The third-order valence-electron chi connectivity index (χ3n) is 5.30. The maximum absolute atomic E-state index is 2.40. The van der Waals surface area contributed by atoms with Crippen LogP contribution in [-0.4, -0.2) is 10.5 Å². The van der Waals surface area contributed by atoms with Gasteiger partial charge in [-0.15, -0.1) is 23.5 Å². The van der Waals surface area contributed by atoms with E-state index in [9.17, 15) is 0 Å². The summed E-state index contributed by atoms with van der Waals surface area (Å²) in [5.41, 5.74) is 6.15. The predicted octanol–water partition coefficient (Wildman–Crippen LogP) is 6.37. The molecule has 2 aliphatic rings. The average Bonchev–Trinajstić information content (AvgIpc) is 3.46. The van der Waals surface area contributed by atoms with E-state index >= 15 is 0 Å². The minimum Gasteiger partial charge on any atom is -0.148 e. The summed E-state index contributed by atoms with van der Waals surface area (Å²) in [7, 11) is 0. The number of hydrogen-bond acceptors (Lipinski definition) is 2. The summed E-state index contributed by atoms with van der Waals surface area (Å²) in [6, 6.07) is 18.2. The molecule has 2 aromatic rings. The smallest absolute Gasteiger partial charge is 0.0419 e. The molecular weight excluding hydrogens is 316 g/mol. The molecule has 0 aromatic heterocycles. The van der Waals surface area contributed by atoms with Gasteiger partial charge in [0, 0.05) is 26.4 Å². The fourth-order valence-electron chi connectivity index (χ4n) is 3.80. The van der Waals surface area contributed by atoms with Crippen LogP contribution in [0, 0.1) is 0 Å². The lowest BCUT2D eigenvalue weighted by Gasteiger charge is -2.31. The normalized spacial score (nSPS) is 29.4. The Hall–Kier alpha value is -0.860. The van der Waals surface area contributed by atoms with Gasteiger partial charge in [-0.3, -0.25) is 0 Å². The first-order valence-electron chi connectivity index (χ1n) is 8.50. The van der Waals surface area contributed by atoms with Gasteiger partial charge in [0.25, 0.3) is 0 Å². The standard InChI is InChI=1S/C21H24S2/c1-13-19(22-13)15-9-5-7-11-17(15)21(3,4)18-12-8-6-10-16(18)20-14(2)23-20/h5-14,19-20H,1-4H3. The molecule has 2 aliphatic heterocycles. The summed E-state index contributed by atoms with van der Waals surface area (Å²) in [6.07, 6.45) is 0. The summed E-state index contributed by atoms with van der Waals surface area (Å²) in [5, 5.41) is 2.90. The van der Waals surface area contributed by atoms with E-state index in [2.05, 4.69) is 99.7 Å². The molecule has 2 fully saturated rings. The van der Waals surface area contributed by atoms with E-state index in [0.29, 0.717) is 10.5 Å². The van der Waals surface area contributed by atoms with Crippen LogP contribution in [0.25, 0.3) is 0 Å². The first-order chi connectivity index (χ1) is 11.0. The molecule has 2 heterocycles. The lowest BCUT2D eigenvalue weighted by Crippen LogP contribution is -2.22. The Balaban J connectivity index is 1.80. The van der Waals surface area contributed by atoms with E-state index in [1.54, 1.807) is 11.1 Å². The van der Waals surface area contributed by atoms with Crippen molar-refractivity contribution in [2.45, 2.75) is 54.1 Å². The van der Waals surface area contributed by atoms with Gasteiger partial charge in [0.2, 0.25) is 0 Å². The summed E-state index contributed by atoms with van der Waals surface area (Å²) < 4.78 is 0. The summed E-state index contributed by atoms with van der Waals surface area (Å²) in [4.78, 5) is 0. The van der Waals surface area contributed by atoms with Crippen molar-refractivity contribution in [2.24, 2.45) is 0 Å². The van der Waals surface area contributed by atoms with E-state index in [1.807, 2.05) is 0 Å². The molecule has 0 saturated carbocycles. The van der Waals surface area contributed by atoms with Crippen LogP contribution < -0.4 is 0 Å². The monoisotopic (exact) mass is 340 g/mol. The Kier molecular flexibility index (Phi) is 3.81. The highest BCUT2D eigenvalue weighted by Gasteiger charge is 2.42. The van der Waals surface area contributed by atoms with Crippen molar-refractivity contribution < 1.29 is 0 Å². The fraction of sp³-hybridized carbons (Fsp3) is 0.429. The Bertz CT molecular complexity index is 673. The minimum absolute atomic E-state index is 0.0545. The topological polar surface area (TPSA) is 0 Å². The molecule has 0 aliphatic carbocycles. The summed E-state index contributed by atoms with van der Waals surface area (Å²) in [6.45, 7) is 9.49. The van der Waals surface area contributed by atoms with Crippen molar-refractivity contribution in [3.05, 3.63) is 70.8 Å². The van der Waals surface area contributed by atoms with Gasteiger partial charge in [-0.2, -0.15) is 0 Å². The van der Waals surface area contributed by atoms with Gasteiger partial charge < -0.3 is 0 Å². The van der Waals surface area contributed by atoms with Gasteiger partial charge >= 0.3 is 0 Å². The van der Waals surface area contributed by atoms with E-state index in [1.165, 1.54) is 11.1 Å². The van der Waals surface area contributed by atoms with Crippen LogP contribution in [0.2, 0.25) is 0 Å². The molecule has 120 valence electrons. The zero-order chi connectivity index (χ0) is 16.2. The molecule has 0 bridgehead atoms. The largest absolute Gasteiger partial charge is 0.148 e. The predicted molar refractivity (Wildman–Crippen MR) is 105 cm³/mol. The van der Waals surface area contributed by atoms with Crippen LogP contribution in [-0.2, 0) is 5.41 Å². The van der Waals surface area contributed by atoms with Crippen molar-refractivity contribution in [2.75, 3.05) is 0 Å². The lowest BCUT2D eigenvalue weighted by molar-refractivity contribution is 0.624. The second-order valence-electron chi connectivity index (χ2n) is 7.32. The van der Waals surface area contributed by atoms with E-state index in [0.717, 1.165) is 10.5 Å². The number of thioether (sulfide) groups is 2. The highest BCUT2D eigenvalue weighted by Crippen LogP contribution is 2.59. The molecule has 4 rings (SSSR count). The van der Waals surface area contributed by atoms with Crippen molar-refractivity contribution in [3.63, 3.8) is 0 Å². The van der Waals surface area contributed by atoms with Crippen molar-refractivity contribution in [3.8, 4) is 0 Å². The lowest BCUT2D eigenvalue weighted by atomic mass is 9.73. The second kappa shape index (κ2) is 5.60. The van der Waals surface area contributed by atoms with Crippen molar-refractivity contribution in [1.29, 1.82) is 0 Å². The van der Waals surface area contributed by atoms with Gasteiger partial charge in [0.1, 0.15) is 0 Å². The van der Waals surface area contributed by atoms with Gasteiger partial charge in [0.05, 0.1) is 0 Å². The first kappa shape index (κ1) is 15.7. The molecule has 2 heteroatoms. The van der Waals surface area contributed by atoms with E-state index in [-0.39, 0.29) is 5.41 Å². The second-order valence-corrected chi connectivity index (χ2v) is 10.4. The minimum atomic E-state index is 0.0545. The van der Waals surface area contributed by atoms with Crippen LogP contribution >= 0.6 is 23.5 Å². The number of rotatable bonds is 4. The number of benzene rings is 2. The molecule has 0 amide bonds. The quantitative estimate of drug-likeness (QED) is 0.593. The maximum Gasteiger partial charge on any atom is 0.0419 e. The molecule has 2 saturated heterocycles. The van der Waals surface area contributed by atoms with Gasteiger partial charge in [0.15, 0.2) is 0 Å². The van der Waals surface area contributed by atoms with Crippen molar-refractivity contribution >= 4 is 23.5 Å². The maximum atomic E-state index is 2.40. The van der Waals surface area contributed by atoms with Crippen LogP contribution in [0.3, 0.4) is 0 Å². The Labute approximate surface area is 148 Å². The molecule has 0 spiro atoms. The summed E-state index contributed by atoms with van der Waals surface area (Å²) in [5.74, 6) is 0. The molecule has 0 nitrogen and oxygen atoms in total. The Morgan fingerprint density at radius 3 is 1.39 bits per heavy atom. The molecular formula is C21H24S2. The van der Waals surface area contributed by atoms with Gasteiger partial charge in [-0.1, -0.05) is 76.2 Å². The Morgan fingerprint density at radius 2 is 1.04 bits per heavy atom. The van der Waals surface area contributed by atoms with Gasteiger partial charge in [-0.25, -0.2) is 0 Å². The van der Waals surface area contributed by atoms with Crippen LogP contribution in [0.15, 0.2) is 48.5 Å². The van der Waals surface area contributed by atoms with Crippen LogP contribution in [0.1, 0.15) is 60.4 Å². The van der Waals surface area contributed by atoms with Crippen molar-refractivity contribution in [1.82, 2.24) is 0 Å². The fourth-order valence-corrected chi connectivity index (χ4v) is 5.54. The van der Waals surface area contributed by atoms with E-state index in [4.69, 9.17) is 0 Å². The highest BCUT2D eigenvalue weighted by atomic mass is 32.2. The highest BCUT2D eigenvalue weighted by molar-refractivity contribution is 8.07. The third kappa shape index (κ3) is 2.74. The third-order valence-corrected chi connectivity index (χ3v) is 7.99. The molecule has 2 aromatic carbocycles. The molecule has 0 N–H and O–H groups in total. The zero-order valence-corrected chi connectivity index (χ0v) is 15.9. The Morgan fingerprint density at radius 1 is 0.696 bits per heavy atom. The van der Waals surface area contributed by atoms with Crippen LogP contribution in [0.5, 0.6) is 0 Å². The molecule has 4 unspecified atom stereocenters. The van der Waals surface area contributed by atoms with Gasteiger partial charge in [-0.05, 0) is 22.3 Å². The summed E-state index contributed by atoms with van der Waals surface area (Å²) >= 11 is 4.18. The molecule has 4 atom stereocenters. The molecule has 23 heavy (non-hydrogen) atoms. The zero-order valence-electron chi connectivity index (χ0n) is 14.2. The average molecular weight is 341 g/mol. The van der Waals surface area contributed by atoms with E-state index < -0.39 is 0 Å². The number of hydrogen-bond donors (Lipinski definition) is 0. The van der Waals surface area contributed by atoms with Crippen LogP contribution in [0.4, 0.5) is 0 Å².